The van der Waals surface area contributed by atoms with Crippen LogP contribution in [0.25, 0.3) is 11.3 Å². The molecule has 82 valence electrons. The van der Waals surface area contributed by atoms with Gasteiger partial charge in [-0.1, -0.05) is 30.3 Å². The molecule has 0 atom stereocenters. The van der Waals surface area contributed by atoms with Crippen molar-refractivity contribution >= 4 is 0 Å². The van der Waals surface area contributed by atoms with Gasteiger partial charge < -0.3 is 0 Å². The third-order valence-corrected chi connectivity index (χ3v) is 2.18. The number of nitrogens with one attached hydrogen (secondary N) is 2. The largest absolute Gasteiger partial charge is 0.261 e. The van der Waals surface area contributed by atoms with Crippen LogP contribution >= 0.6 is 0 Å². The highest BCUT2D eigenvalue weighted by atomic mass is 15.3. The summed E-state index contributed by atoms with van der Waals surface area (Å²) in [6, 6.07) is 13.0. The lowest BCUT2D eigenvalue weighted by atomic mass is 10.1. The maximum Gasteiger partial charge on any atom is 0.0701 e. The quantitative estimate of drug-likeness (QED) is 0.766. The molecule has 0 aliphatic heterocycles. The van der Waals surface area contributed by atoms with E-state index in [1.165, 1.54) is 0 Å². The van der Waals surface area contributed by atoms with Gasteiger partial charge in [-0.3, -0.25) is 15.8 Å². The van der Waals surface area contributed by atoms with Crippen molar-refractivity contribution in [2.75, 3.05) is 7.05 Å². The zero-order chi connectivity index (χ0) is 13.0. The van der Waals surface area contributed by atoms with Crippen molar-refractivity contribution in [2.24, 2.45) is 0 Å². The van der Waals surface area contributed by atoms with Gasteiger partial charge in [-0.2, -0.15) is 0 Å². The Hall–Kier alpha value is -1.71. The lowest BCUT2D eigenvalue weighted by molar-refractivity contribution is 0.596. The molecular formula is C13H15N3. The van der Waals surface area contributed by atoms with E-state index in [1.54, 1.807) is 25.4 Å². The van der Waals surface area contributed by atoms with Gasteiger partial charge >= 0.3 is 0 Å². The highest BCUT2D eigenvalue weighted by molar-refractivity contribution is 5.58. The monoisotopic (exact) mass is 215 g/mol. The van der Waals surface area contributed by atoms with Gasteiger partial charge in [0.2, 0.25) is 0 Å². The molecule has 16 heavy (non-hydrogen) atoms. The Kier molecular flexibility index (Phi) is 2.85. The zero-order valence-electron chi connectivity index (χ0n) is 11.1. The Labute approximate surface area is 98.3 Å². The summed E-state index contributed by atoms with van der Waals surface area (Å²) in [6.45, 7) is -1.60. The number of pyridine rings is 1. The molecule has 0 fully saturated rings. The third-order valence-electron chi connectivity index (χ3n) is 2.18. The average Bonchev–Trinajstić information content (AvgIpc) is 2.40. The van der Waals surface area contributed by atoms with Gasteiger partial charge in [0.15, 0.2) is 0 Å². The van der Waals surface area contributed by atoms with E-state index in [9.17, 15) is 0 Å². The maximum atomic E-state index is 7.82. The first-order valence-corrected chi connectivity index (χ1v) is 5.09. The summed E-state index contributed by atoms with van der Waals surface area (Å²) in [5, 5.41) is 0. The number of benzene rings is 1. The summed E-state index contributed by atoms with van der Waals surface area (Å²) in [6.07, 6.45) is 1.74. The van der Waals surface area contributed by atoms with Crippen LogP contribution in [-0.2, 0) is 6.50 Å². The maximum absolute atomic E-state index is 7.82. The van der Waals surface area contributed by atoms with Gasteiger partial charge in [0.25, 0.3) is 0 Å². The lowest BCUT2D eigenvalue weighted by Crippen LogP contribution is -2.26. The second kappa shape index (κ2) is 5.39. The van der Waals surface area contributed by atoms with E-state index >= 15 is 0 Å². The predicted molar refractivity (Wildman–Crippen MR) is 65.6 cm³/mol. The van der Waals surface area contributed by atoms with Gasteiger partial charge in [0.1, 0.15) is 0 Å². The molecule has 2 rings (SSSR count). The predicted octanol–water partition coefficient (Wildman–Crippen LogP) is 1.97. The Bertz CT molecular complexity index is 497. The number of aromatic nitrogens is 1. The van der Waals surface area contributed by atoms with Crippen molar-refractivity contribution < 1.29 is 2.74 Å². The van der Waals surface area contributed by atoms with Crippen molar-refractivity contribution in [3.63, 3.8) is 0 Å². The molecule has 2 aromatic rings. The highest BCUT2D eigenvalue weighted by Gasteiger charge is 1.97. The van der Waals surface area contributed by atoms with Gasteiger partial charge in [-0.05, 0) is 24.7 Å². The number of hydrogen-bond acceptors (Lipinski definition) is 3. The standard InChI is InChI=1S/C13H15N3/c1-14-16-10-11-5-7-12(8-6-11)13-4-2-3-9-15-13/h2-9,14,16H,10H2,1H3/i10D2. The number of rotatable bonds is 4. The molecule has 0 aliphatic carbocycles. The summed E-state index contributed by atoms with van der Waals surface area (Å²) in [4.78, 5) is 4.26. The van der Waals surface area contributed by atoms with Crippen molar-refractivity contribution in [3.05, 3.63) is 54.2 Å². The van der Waals surface area contributed by atoms with Crippen LogP contribution in [0.5, 0.6) is 0 Å². The first-order chi connectivity index (χ1) is 8.63. The van der Waals surface area contributed by atoms with Crippen LogP contribution in [0.4, 0.5) is 0 Å². The minimum atomic E-state index is -1.60. The fourth-order valence-electron chi connectivity index (χ4n) is 1.39. The molecule has 3 nitrogen and oxygen atoms in total. The summed E-state index contributed by atoms with van der Waals surface area (Å²) >= 11 is 0. The summed E-state index contributed by atoms with van der Waals surface area (Å²) in [7, 11) is 1.64. The molecular weight excluding hydrogens is 198 g/mol. The first-order valence-electron chi connectivity index (χ1n) is 6.09. The van der Waals surface area contributed by atoms with Crippen LogP contribution in [-0.4, -0.2) is 12.0 Å². The van der Waals surface area contributed by atoms with Crippen molar-refractivity contribution in [1.29, 1.82) is 0 Å². The van der Waals surface area contributed by atoms with Crippen LogP contribution < -0.4 is 10.9 Å². The van der Waals surface area contributed by atoms with E-state index in [0.717, 1.165) is 11.3 Å². The summed E-state index contributed by atoms with van der Waals surface area (Å²) in [5.74, 6) is 0. The third kappa shape index (κ3) is 2.66. The molecule has 0 spiro atoms. The van der Waals surface area contributed by atoms with Gasteiger partial charge in [0.05, 0.1) is 5.69 Å². The van der Waals surface area contributed by atoms with Gasteiger partial charge in [0, 0.05) is 21.0 Å². The van der Waals surface area contributed by atoms with Crippen LogP contribution in [0.3, 0.4) is 0 Å². The molecule has 0 aliphatic rings. The molecule has 1 aromatic carbocycles. The Balaban J connectivity index is 2.26. The molecule has 0 radical (unpaired) electrons. The number of hydrazine groups is 1. The molecule has 0 saturated heterocycles. The van der Waals surface area contributed by atoms with Crippen molar-refractivity contribution in [3.8, 4) is 11.3 Å². The molecule has 0 bridgehead atoms. The topological polar surface area (TPSA) is 37.0 Å². The van der Waals surface area contributed by atoms with Crippen LogP contribution in [0, 0.1) is 0 Å². The Morgan fingerprint density at radius 3 is 2.62 bits per heavy atom. The van der Waals surface area contributed by atoms with Gasteiger partial charge in [-0.25, -0.2) is 0 Å². The molecule has 3 heteroatoms. The van der Waals surface area contributed by atoms with E-state index in [4.69, 9.17) is 2.74 Å². The van der Waals surface area contributed by atoms with E-state index in [-0.39, 0.29) is 0 Å². The van der Waals surface area contributed by atoms with Crippen LogP contribution in [0.15, 0.2) is 48.7 Å². The molecule has 0 saturated carbocycles. The Morgan fingerprint density at radius 2 is 2.00 bits per heavy atom. The first kappa shape index (κ1) is 8.44. The van der Waals surface area contributed by atoms with Crippen LogP contribution in [0.1, 0.15) is 8.30 Å². The van der Waals surface area contributed by atoms with E-state index < -0.39 is 6.50 Å². The highest BCUT2D eigenvalue weighted by Crippen LogP contribution is 2.16. The lowest BCUT2D eigenvalue weighted by Gasteiger charge is -2.04. The van der Waals surface area contributed by atoms with Gasteiger partial charge in [-0.15, -0.1) is 0 Å². The second-order valence-corrected chi connectivity index (χ2v) is 3.29. The second-order valence-electron chi connectivity index (χ2n) is 3.29. The van der Waals surface area contributed by atoms with E-state index in [1.807, 2.05) is 30.3 Å². The normalized spacial score (nSPS) is 13.1. The fourth-order valence-corrected chi connectivity index (χ4v) is 1.39. The molecule has 1 aromatic heterocycles. The Morgan fingerprint density at radius 1 is 1.19 bits per heavy atom. The SMILES string of the molecule is [2H]C([2H])(NNC)c1ccc(-c2ccccn2)cc1. The van der Waals surface area contributed by atoms with Crippen molar-refractivity contribution in [1.82, 2.24) is 15.8 Å². The average molecular weight is 215 g/mol. The zero-order valence-corrected chi connectivity index (χ0v) is 9.07. The number of hydrogen-bond donors (Lipinski definition) is 2. The molecule has 0 amide bonds. The summed E-state index contributed by atoms with van der Waals surface area (Å²) < 4.78 is 15.6. The summed E-state index contributed by atoms with van der Waals surface area (Å²) in [5.41, 5.74) is 7.60. The van der Waals surface area contributed by atoms with E-state index in [0.29, 0.717) is 5.56 Å². The van der Waals surface area contributed by atoms with E-state index in [2.05, 4.69) is 15.8 Å². The molecule has 2 N–H and O–H groups in total. The van der Waals surface area contributed by atoms with Crippen LogP contribution in [0.2, 0.25) is 0 Å². The fraction of sp³-hybridized carbons (Fsp3) is 0.154. The molecule has 1 heterocycles. The number of nitrogens with zero attached hydrogens (tertiary/aromatic N) is 1. The van der Waals surface area contributed by atoms with Crippen molar-refractivity contribution in [2.45, 2.75) is 6.50 Å². The smallest absolute Gasteiger partial charge is 0.0701 e. The minimum absolute atomic E-state index is 0.566. The molecule has 0 unspecified atom stereocenters. The minimum Gasteiger partial charge on any atom is -0.261 e.